The molecule has 2 atom stereocenters. The number of hydrogen-bond acceptors (Lipinski definition) is 7. The van der Waals surface area contributed by atoms with Crippen molar-refractivity contribution in [2.24, 2.45) is 0 Å². The Morgan fingerprint density at radius 2 is 1.90 bits per heavy atom. The molecule has 0 bridgehead atoms. The summed E-state index contributed by atoms with van der Waals surface area (Å²) < 4.78 is 38.3. The number of aromatic nitrogens is 2. The van der Waals surface area contributed by atoms with Crippen LogP contribution in [-0.2, 0) is 20.3 Å². The third kappa shape index (κ3) is 4.66. The molecule has 1 aliphatic rings. The number of carbonyl (C=O) groups excluding carboxylic acids is 1. The summed E-state index contributed by atoms with van der Waals surface area (Å²) in [4.78, 5) is 16.9. The minimum atomic E-state index is -3.91. The van der Waals surface area contributed by atoms with E-state index in [2.05, 4.69) is 15.5 Å². The van der Waals surface area contributed by atoms with Crippen LogP contribution in [0.25, 0.3) is 0 Å². The maximum absolute atomic E-state index is 13.2. The van der Waals surface area contributed by atoms with Crippen LogP contribution in [0.5, 0.6) is 0 Å². The lowest BCUT2D eigenvalue weighted by molar-refractivity contribution is -0.0440. The molecule has 1 amide bonds. The zero-order chi connectivity index (χ0) is 22.3. The number of nitrogens with zero attached hydrogens (tertiary/aromatic N) is 3. The highest BCUT2D eigenvalue weighted by Gasteiger charge is 2.34. The van der Waals surface area contributed by atoms with Crippen LogP contribution in [0, 0.1) is 6.92 Å². The molecule has 1 N–H and O–H groups in total. The van der Waals surface area contributed by atoms with Crippen molar-refractivity contribution < 1.29 is 22.5 Å². The van der Waals surface area contributed by atoms with Gasteiger partial charge in [0.05, 0.1) is 22.8 Å². The van der Waals surface area contributed by atoms with Gasteiger partial charge in [0.15, 0.2) is 5.82 Å². The largest absolute Gasteiger partial charge is 0.373 e. The molecule has 164 valence electrons. The molecule has 1 aliphatic heterocycles. The first-order chi connectivity index (χ1) is 13.9. The fourth-order valence-electron chi connectivity index (χ4n) is 3.27. The number of halogens is 1. The van der Waals surface area contributed by atoms with Gasteiger partial charge in [-0.25, -0.2) is 8.42 Å². The van der Waals surface area contributed by atoms with Gasteiger partial charge in [0.25, 0.3) is 5.91 Å². The van der Waals surface area contributed by atoms with Gasteiger partial charge in [0.1, 0.15) is 4.90 Å². The van der Waals surface area contributed by atoms with E-state index in [1.165, 1.54) is 22.5 Å². The summed E-state index contributed by atoms with van der Waals surface area (Å²) in [6.07, 6.45) is -0.485. The Hall–Kier alpha value is -2.01. The molecule has 2 aromatic rings. The van der Waals surface area contributed by atoms with Crippen molar-refractivity contribution in [3.8, 4) is 0 Å². The van der Waals surface area contributed by atoms with E-state index in [-0.39, 0.29) is 40.8 Å². The Bertz CT molecular complexity index is 1040. The summed E-state index contributed by atoms with van der Waals surface area (Å²) >= 11 is 6.21. The molecule has 2 heterocycles. The van der Waals surface area contributed by atoms with Gasteiger partial charge in [0, 0.05) is 25.6 Å². The minimum Gasteiger partial charge on any atom is -0.373 e. The normalized spacial score (nSPS) is 20.9. The van der Waals surface area contributed by atoms with Gasteiger partial charge in [0.2, 0.25) is 15.9 Å². The van der Waals surface area contributed by atoms with E-state index >= 15 is 0 Å². The molecule has 1 aromatic carbocycles. The van der Waals surface area contributed by atoms with Crippen molar-refractivity contribution in [3.05, 3.63) is 40.5 Å². The molecule has 3 rings (SSSR count). The predicted octanol–water partition coefficient (Wildman–Crippen LogP) is 2.49. The lowest BCUT2D eigenvalue weighted by atomic mass is 10.0. The number of amides is 1. The number of aryl methyl sites for hydroxylation is 1. The van der Waals surface area contributed by atoms with Gasteiger partial charge in [-0.1, -0.05) is 16.8 Å². The Morgan fingerprint density at radius 1 is 1.27 bits per heavy atom. The van der Waals surface area contributed by atoms with Gasteiger partial charge in [-0.15, -0.1) is 0 Å². The Balaban J connectivity index is 1.88. The van der Waals surface area contributed by atoms with Crippen molar-refractivity contribution in [2.45, 2.75) is 57.3 Å². The third-order valence-corrected chi connectivity index (χ3v) is 7.02. The second-order valence-corrected chi connectivity index (χ2v) is 10.3. The molecule has 1 aromatic heterocycles. The van der Waals surface area contributed by atoms with E-state index in [1.54, 1.807) is 20.8 Å². The topological polar surface area (TPSA) is 115 Å². The summed E-state index contributed by atoms with van der Waals surface area (Å²) in [7, 11) is -3.91. The molecule has 1 saturated heterocycles. The lowest BCUT2D eigenvalue weighted by Gasteiger charge is -2.34. The van der Waals surface area contributed by atoms with E-state index in [9.17, 15) is 13.2 Å². The predicted molar refractivity (Wildman–Crippen MR) is 110 cm³/mol. The van der Waals surface area contributed by atoms with Gasteiger partial charge in [-0.05, 0) is 45.9 Å². The molecule has 30 heavy (non-hydrogen) atoms. The third-order valence-electron chi connectivity index (χ3n) is 4.71. The van der Waals surface area contributed by atoms with Crippen molar-refractivity contribution in [1.29, 1.82) is 0 Å². The summed E-state index contributed by atoms with van der Waals surface area (Å²) in [5.41, 5.74) is -0.775. The number of nitrogens with one attached hydrogen (secondary N) is 1. The zero-order valence-electron chi connectivity index (χ0n) is 17.5. The number of morpholine rings is 1. The summed E-state index contributed by atoms with van der Waals surface area (Å²) in [6, 6.07) is 4.16. The average molecular weight is 457 g/mol. The number of benzene rings is 1. The molecule has 2 unspecified atom stereocenters. The van der Waals surface area contributed by atoms with Gasteiger partial charge >= 0.3 is 0 Å². The van der Waals surface area contributed by atoms with E-state index < -0.39 is 21.5 Å². The van der Waals surface area contributed by atoms with Crippen molar-refractivity contribution in [3.63, 3.8) is 0 Å². The van der Waals surface area contributed by atoms with Crippen LogP contribution in [0.2, 0.25) is 5.02 Å². The molecule has 0 radical (unpaired) electrons. The van der Waals surface area contributed by atoms with Crippen LogP contribution < -0.4 is 5.32 Å². The van der Waals surface area contributed by atoms with E-state index in [1.807, 2.05) is 13.8 Å². The first-order valence-electron chi connectivity index (χ1n) is 9.48. The second-order valence-electron chi connectivity index (χ2n) is 7.94. The van der Waals surface area contributed by atoms with Crippen molar-refractivity contribution in [1.82, 2.24) is 19.8 Å². The number of rotatable bonds is 5. The smallest absolute Gasteiger partial charge is 0.252 e. The number of sulfonamides is 1. The molecular formula is C19H25ClN4O5S. The Kier molecular flexibility index (Phi) is 6.24. The number of hydrogen-bond donors (Lipinski definition) is 1. The molecule has 0 saturated carbocycles. The zero-order valence-corrected chi connectivity index (χ0v) is 19.0. The molecule has 11 heteroatoms. The second kappa shape index (κ2) is 8.26. The van der Waals surface area contributed by atoms with Crippen molar-refractivity contribution >= 4 is 27.5 Å². The number of ether oxygens (including phenoxy) is 1. The lowest BCUT2D eigenvalue weighted by Crippen LogP contribution is -2.48. The highest BCUT2D eigenvalue weighted by Crippen LogP contribution is 2.28. The Labute approximate surface area is 180 Å². The van der Waals surface area contributed by atoms with Crippen LogP contribution in [-0.4, -0.2) is 54.1 Å². The van der Waals surface area contributed by atoms with Crippen LogP contribution in [0.3, 0.4) is 0 Å². The quantitative estimate of drug-likeness (QED) is 0.734. The maximum Gasteiger partial charge on any atom is 0.252 e. The molecule has 0 aliphatic carbocycles. The standard InChI is InChI=1S/C19H25ClN4O5S/c1-11-9-24(10-12(2)28-11)30(26,27)16-8-14(6-7-15(16)20)17(25)22-19(4,5)18-21-13(3)29-23-18/h6-8,11-12H,9-10H2,1-5H3,(H,22,25). The highest BCUT2D eigenvalue weighted by molar-refractivity contribution is 7.89. The van der Waals surface area contributed by atoms with Crippen LogP contribution in [0.15, 0.2) is 27.6 Å². The molecule has 9 nitrogen and oxygen atoms in total. The fourth-order valence-corrected chi connectivity index (χ4v) is 5.36. The van der Waals surface area contributed by atoms with Crippen LogP contribution >= 0.6 is 11.6 Å². The monoisotopic (exact) mass is 456 g/mol. The average Bonchev–Trinajstić information content (AvgIpc) is 3.08. The molecule has 0 spiro atoms. The van der Waals surface area contributed by atoms with Crippen LogP contribution in [0.1, 0.15) is 49.8 Å². The van der Waals surface area contributed by atoms with E-state index in [4.69, 9.17) is 20.9 Å². The highest BCUT2D eigenvalue weighted by atomic mass is 35.5. The van der Waals surface area contributed by atoms with Gasteiger partial charge < -0.3 is 14.6 Å². The van der Waals surface area contributed by atoms with E-state index in [0.29, 0.717) is 11.7 Å². The number of carbonyl (C=O) groups is 1. The van der Waals surface area contributed by atoms with Crippen LogP contribution in [0.4, 0.5) is 0 Å². The Morgan fingerprint density at radius 3 is 2.47 bits per heavy atom. The summed E-state index contributed by atoms with van der Waals surface area (Å²) in [5, 5.41) is 6.69. The maximum atomic E-state index is 13.2. The fraction of sp³-hybridized carbons (Fsp3) is 0.526. The first-order valence-corrected chi connectivity index (χ1v) is 11.3. The first kappa shape index (κ1) is 22.7. The van der Waals surface area contributed by atoms with Gasteiger partial charge in [-0.2, -0.15) is 9.29 Å². The minimum absolute atomic E-state index is 0.0476. The van der Waals surface area contributed by atoms with Gasteiger partial charge in [-0.3, -0.25) is 4.79 Å². The summed E-state index contributed by atoms with van der Waals surface area (Å²) in [6.45, 7) is 9.14. The molecule has 1 fully saturated rings. The summed E-state index contributed by atoms with van der Waals surface area (Å²) in [5.74, 6) is 0.201. The SMILES string of the molecule is Cc1nc(C(C)(C)NC(=O)c2ccc(Cl)c(S(=O)(=O)N3CC(C)OC(C)C3)c2)no1. The van der Waals surface area contributed by atoms with Crippen molar-refractivity contribution in [2.75, 3.05) is 13.1 Å². The van der Waals surface area contributed by atoms with E-state index in [0.717, 1.165) is 0 Å². The molecular weight excluding hydrogens is 432 g/mol.